The van der Waals surface area contributed by atoms with Crippen molar-refractivity contribution in [3.63, 3.8) is 0 Å². The van der Waals surface area contributed by atoms with Crippen molar-refractivity contribution in [2.24, 2.45) is 0 Å². The number of piperazine rings is 1. The number of non-ortho nitro benzene ring substituents is 1. The number of nitrogens with zero attached hydrogens (tertiary/aromatic N) is 2. The number of benzene rings is 3. The van der Waals surface area contributed by atoms with Gasteiger partial charge >= 0.3 is 0 Å². The number of nitro groups is 1. The monoisotopic (exact) mass is 456 g/mol. The molecular formula is C26H24N4O4. The third-order valence-electron chi connectivity index (χ3n) is 5.96. The molecule has 34 heavy (non-hydrogen) atoms. The van der Waals surface area contributed by atoms with Gasteiger partial charge in [0.25, 0.3) is 11.6 Å². The number of furan rings is 1. The summed E-state index contributed by atoms with van der Waals surface area (Å²) in [7, 11) is 0. The van der Waals surface area contributed by atoms with Crippen LogP contribution in [0, 0.1) is 10.1 Å². The molecule has 0 radical (unpaired) electrons. The zero-order valence-corrected chi connectivity index (χ0v) is 18.5. The van der Waals surface area contributed by atoms with Gasteiger partial charge in [0.05, 0.1) is 10.6 Å². The zero-order chi connectivity index (χ0) is 23.5. The van der Waals surface area contributed by atoms with E-state index >= 15 is 0 Å². The lowest BCUT2D eigenvalue weighted by Gasteiger charge is -2.27. The average molecular weight is 457 g/mol. The molecule has 172 valence electrons. The van der Waals surface area contributed by atoms with Crippen molar-refractivity contribution in [2.45, 2.75) is 6.54 Å². The van der Waals surface area contributed by atoms with Crippen molar-refractivity contribution < 1.29 is 14.1 Å². The van der Waals surface area contributed by atoms with Gasteiger partial charge in [-0.15, -0.1) is 0 Å². The van der Waals surface area contributed by atoms with Gasteiger partial charge in [-0.05, 0) is 42.0 Å². The van der Waals surface area contributed by atoms with Crippen LogP contribution in [0.4, 0.5) is 11.4 Å². The quantitative estimate of drug-likeness (QED) is 0.323. The number of amides is 1. The lowest BCUT2D eigenvalue weighted by atomic mass is 10.1. The smallest absolute Gasteiger partial charge is 0.270 e. The molecule has 0 atom stereocenters. The number of carbonyl (C=O) groups is 1. The van der Waals surface area contributed by atoms with Crippen molar-refractivity contribution in [3.05, 3.63) is 94.0 Å². The molecule has 4 aromatic rings. The van der Waals surface area contributed by atoms with Crippen LogP contribution in [0.1, 0.15) is 15.9 Å². The van der Waals surface area contributed by atoms with E-state index in [1.807, 2.05) is 30.3 Å². The molecule has 1 aliphatic heterocycles. The van der Waals surface area contributed by atoms with Gasteiger partial charge in [-0.2, -0.15) is 0 Å². The van der Waals surface area contributed by atoms with E-state index in [1.54, 1.807) is 12.1 Å². The minimum Gasteiger partial charge on any atom is -0.456 e. The SMILES string of the molecule is O=C(Nc1ccccc1-c1cc2cc(CN3CCNCC3)ccc2o1)c1cccc([N+](=O)[O-])c1. The molecular weight excluding hydrogens is 432 g/mol. The Morgan fingerprint density at radius 1 is 1.03 bits per heavy atom. The summed E-state index contributed by atoms with van der Waals surface area (Å²) in [5.41, 5.74) is 3.40. The summed E-state index contributed by atoms with van der Waals surface area (Å²) < 4.78 is 6.11. The minimum atomic E-state index is -0.518. The first-order valence-electron chi connectivity index (χ1n) is 11.2. The molecule has 1 aliphatic rings. The number of hydrogen-bond acceptors (Lipinski definition) is 6. The Kier molecular flexibility index (Phi) is 6.07. The number of nitro benzene ring substituents is 1. The second-order valence-corrected chi connectivity index (χ2v) is 8.32. The van der Waals surface area contributed by atoms with E-state index in [9.17, 15) is 14.9 Å². The predicted molar refractivity (Wildman–Crippen MR) is 131 cm³/mol. The third kappa shape index (κ3) is 4.68. The lowest BCUT2D eigenvalue weighted by molar-refractivity contribution is -0.384. The van der Waals surface area contributed by atoms with Crippen molar-refractivity contribution >= 4 is 28.3 Å². The average Bonchev–Trinajstić information content (AvgIpc) is 3.28. The van der Waals surface area contributed by atoms with E-state index in [0.717, 1.165) is 49.3 Å². The van der Waals surface area contributed by atoms with Crippen LogP contribution in [0.2, 0.25) is 0 Å². The van der Waals surface area contributed by atoms with Crippen LogP contribution in [0.3, 0.4) is 0 Å². The predicted octanol–water partition coefficient (Wildman–Crippen LogP) is 4.67. The highest BCUT2D eigenvalue weighted by Gasteiger charge is 2.16. The molecule has 1 aromatic heterocycles. The Balaban J connectivity index is 1.40. The Bertz CT molecular complexity index is 1360. The number of carbonyl (C=O) groups excluding carboxylic acids is 1. The van der Waals surface area contributed by atoms with Crippen molar-refractivity contribution in [2.75, 3.05) is 31.5 Å². The Labute approximate surface area is 196 Å². The molecule has 3 aromatic carbocycles. The first-order chi connectivity index (χ1) is 16.6. The van der Waals surface area contributed by atoms with E-state index in [2.05, 4.69) is 27.7 Å². The molecule has 0 aliphatic carbocycles. The molecule has 1 fully saturated rings. The molecule has 5 rings (SSSR count). The summed E-state index contributed by atoms with van der Waals surface area (Å²) in [6.45, 7) is 4.99. The molecule has 2 N–H and O–H groups in total. The maximum absolute atomic E-state index is 12.8. The fraction of sp³-hybridized carbons (Fsp3) is 0.192. The maximum Gasteiger partial charge on any atom is 0.270 e. The van der Waals surface area contributed by atoms with Gasteiger partial charge in [-0.1, -0.05) is 24.3 Å². The van der Waals surface area contributed by atoms with Crippen LogP contribution < -0.4 is 10.6 Å². The summed E-state index contributed by atoms with van der Waals surface area (Å²) >= 11 is 0. The zero-order valence-electron chi connectivity index (χ0n) is 18.5. The summed E-state index contributed by atoms with van der Waals surface area (Å²) in [5, 5.41) is 18.3. The first-order valence-corrected chi connectivity index (χ1v) is 11.2. The number of hydrogen-bond donors (Lipinski definition) is 2. The highest BCUT2D eigenvalue weighted by molar-refractivity contribution is 6.06. The molecule has 8 heteroatoms. The highest BCUT2D eigenvalue weighted by Crippen LogP contribution is 2.33. The molecule has 0 bridgehead atoms. The van der Waals surface area contributed by atoms with Gasteiger partial charge < -0.3 is 15.1 Å². The molecule has 1 saturated heterocycles. The first kappa shape index (κ1) is 21.8. The largest absolute Gasteiger partial charge is 0.456 e. The summed E-state index contributed by atoms with van der Waals surface area (Å²) in [6, 6.07) is 21.2. The number of fused-ring (bicyclic) bond motifs is 1. The molecule has 0 spiro atoms. The second kappa shape index (κ2) is 9.46. The topological polar surface area (TPSA) is 101 Å². The minimum absolute atomic E-state index is 0.130. The Morgan fingerprint density at radius 3 is 2.68 bits per heavy atom. The molecule has 0 saturated carbocycles. The van der Waals surface area contributed by atoms with Crippen LogP contribution in [0.25, 0.3) is 22.3 Å². The van der Waals surface area contributed by atoms with E-state index in [1.165, 1.54) is 23.8 Å². The summed E-state index contributed by atoms with van der Waals surface area (Å²) in [4.78, 5) is 25.8. The van der Waals surface area contributed by atoms with E-state index in [4.69, 9.17) is 4.42 Å². The standard InChI is InChI=1S/C26H24N4O4/c31-26(19-4-3-5-21(15-19)30(32)33)28-23-7-2-1-6-22(23)25-16-20-14-18(8-9-24(20)34-25)17-29-12-10-27-11-13-29/h1-9,14-16,27H,10-13,17H2,(H,28,31). The number of nitrogens with one attached hydrogen (secondary N) is 2. The number of anilines is 1. The van der Waals surface area contributed by atoms with Crippen molar-refractivity contribution in [3.8, 4) is 11.3 Å². The summed E-state index contributed by atoms with van der Waals surface area (Å²) in [6.07, 6.45) is 0. The normalized spacial score (nSPS) is 14.2. The molecule has 2 heterocycles. The molecule has 8 nitrogen and oxygen atoms in total. The van der Waals surface area contributed by atoms with E-state index in [0.29, 0.717) is 11.4 Å². The number of rotatable bonds is 6. The fourth-order valence-corrected chi connectivity index (χ4v) is 4.21. The van der Waals surface area contributed by atoms with Crippen LogP contribution in [0.5, 0.6) is 0 Å². The van der Waals surface area contributed by atoms with Crippen molar-refractivity contribution in [1.29, 1.82) is 0 Å². The Hall–Kier alpha value is -4.01. The lowest BCUT2D eigenvalue weighted by Crippen LogP contribution is -2.42. The van der Waals surface area contributed by atoms with Gasteiger partial charge in [-0.3, -0.25) is 19.8 Å². The third-order valence-corrected chi connectivity index (χ3v) is 5.96. The van der Waals surface area contributed by atoms with Crippen molar-refractivity contribution in [1.82, 2.24) is 10.2 Å². The fourth-order valence-electron chi connectivity index (χ4n) is 4.21. The van der Waals surface area contributed by atoms with Gasteiger partial charge in [0, 0.05) is 61.4 Å². The van der Waals surface area contributed by atoms with Gasteiger partial charge in [0.1, 0.15) is 11.3 Å². The van der Waals surface area contributed by atoms with Crippen LogP contribution in [-0.4, -0.2) is 41.9 Å². The van der Waals surface area contributed by atoms with E-state index in [-0.39, 0.29) is 11.3 Å². The van der Waals surface area contributed by atoms with E-state index < -0.39 is 10.8 Å². The van der Waals surface area contributed by atoms with Crippen LogP contribution in [-0.2, 0) is 6.54 Å². The summed E-state index contributed by atoms with van der Waals surface area (Å²) in [5.74, 6) is 0.217. The van der Waals surface area contributed by atoms with Gasteiger partial charge in [-0.25, -0.2) is 0 Å². The second-order valence-electron chi connectivity index (χ2n) is 8.32. The van der Waals surface area contributed by atoms with Gasteiger partial charge in [0.15, 0.2) is 0 Å². The van der Waals surface area contributed by atoms with Crippen LogP contribution >= 0.6 is 0 Å². The Morgan fingerprint density at radius 2 is 1.85 bits per heavy atom. The van der Waals surface area contributed by atoms with Crippen LogP contribution in [0.15, 0.2) is 77.2 Å². The van der Waals surface area contributed by atoms with Gasteiger partial charge in [0.2, 0.25) is 0 Å². The number of para-hydroxylation sites is 1. The maximum atomic E-state index is 12.8. The molecule has 0 unspecified atom stereocenters. The highest BCUT2D eigenvalue weighted by atomic mass is 16.6. The molecule has 1 amide bonds.